The van der Waals surface area contributed by atoms with E-state index in [9.17, 15) is 4.39 Å². The number of thiophene rings is 1. The maximum Gasteiger partial charge on any atom is 0.128 e. The first-order chi connectivity index (χ1) is 9.63. The number of nitrogens with two attached hydrogens (primary N) is 1. The second-order valence-corrected chi connectivity index (χ2v) is 6.44. The quantitative estimate of drug-likeness (QED) is 0.884. The van der Waals surface area contributed by atoms with E-state index in [4.69, 9.17) is 18.0 Å². The lowest BCUT2D eigenvalue weighted by Crippen LogP contribution is -2.29. The average molecular weight is 306 g/mol. The summed E-state index contributed by atoms with van der Waals surface area (Å²) in [5.41, 5.74) is 8.17. The molecule has 0 atom stereocenters. The number of nitrogens with zero attached hydrogens (tertiary/aromatic N) is 1. The molecule has 3 rings (SSSR count). The van der Waals surface area contributed by atoms with Gasteiger partial charge in [0.1, 0.15) is 10.8 Å². The Morgan fingerprint density at radius 1 is 1.40 bits per heavy atom. The van der Waals surface area contributed by atoms with Gasteiger partial charge in [-0.1, -0.05) is 24.4 Å². The van der Waals surface area contributed by atoms with Crippen LogP contribution in [0.1, 0.15) is 21.6 Å². The molecule has 2 nitrogen and oxygen atoms in total. The van der Waals surface area contributed by atoms with Gasteiger partial charge < -0.3 is 5.73 Å². The maximum absolute atomic E-state index is 14.1. The van der Waals surface area contributed by atoms with Crippen molar-refractivity contribution in [2.75, 3.05) is 6.54 Å². The highest BCUT2D eigenvalue weighted by Gasteiger charge is 2.18. The van der Waals surface area contributed by atoms with Crippen molar-refractivity contribution in [3.63, 3.8) is 0 Å². The van der Waals surface area contributed by atoms with Crippen molar-refractivity contribution in [2.45, 2.75) is 19.5 Å². The number of thiocarbonyl (C=S) groups is 1. The highest BCUT2D eigenvalue weighted by Crippen LogP contribution is 2.25. The van der Waals surface area contributed by atoms with Crippen LogP contribution in [-0.4, -0.2) is 16.4 Å². The molecule has 0 unspecified atom stereocenters. The van der Waals surface area contributed by atoms with E-state index in [1.54, 1.807) is 12.1 Å². The zero-order valence-electron chi connectivity index (χ0n) is 10.9. The van der Waals surface area contributed by atoms with Gasteiger partial charge in [0.25, 0.3) is 0 Å². The van der Waals surface area contributed by atoms with Gasteiger partial charge in [-0.25, -0.2) is 4.39 Å². The first-order valence-electron chi connectivity index (χ1n) is 6.49. The Balaban J connectivity index is 1.74. The molecule has 0 saturated heterocycles. The van der Waals surface area contributed by atoms with Crippen molar-refractivity contribution in [1.29, 1.82) is 0 Å². The van der Waals surface area contributed by atoms with Crippen LogP contribution in [0.2, 0.25) is 0 Å². The molecule has 104 valence electrons. The number of fused-ring (bicyclic) bond motifs is 1. The van der Waals surface area contributed by atoms with Crippen molar-refractivity contribution >= 4 is 28.5 Å². The second-order valence-electron chi connectivity index (χ2n) is 5.00. The monoisotopic (exact) mass is 306 g/mol. The Kier molecular flexibility index (Phi) is 3.83. The summed E-state index contributed by atoms with van der Waals surface area (Å²) in [5, 5.41) is 2.13. The van der Waals surface area contributed by atoms with E-state index in [0.29, 0.717) is 17.7 Å². The molecule has 0 amide bonds. The molecular weight excluding hydrogens is 291 g/mol. The maximum atomic E-state index is 14.1. The Bertz CT molecular complexity index is 651. The molecule has 0 aliphatic carbocycles. The van der Waals surface area contributed by atoms with Crippen molar-refractivity contribution in [3.8, 4) is 0 Å². The highest BCUT2D eigenvalue weighted by atomic mass is 32.1. The molecule has 2 heterocycles. The minimum atomic E-state index is -0.230. The first kappa shape index (κ1) is 13.7. The van der Waals surface area contributed by atoms with Crippen molar-refractivity contribution in [1.82, 2.24) is 4.90 Å². The molecule has 0 radical (unpaired) electrons. The number of hydrogen-bond donors (Lipinski definition) is 1. The van der Waals surface area contributed by atoms with E-state index in [1.165, 1.54) is 16.5 Å². The summed E-state index contributed by atoms with van der Waals surface area (Å²) in [6, 6.07) is 7.17. The summed E-state index contributed by atoms with van der Waals surface area (Å²) in [6.45, 7) is 2.50. The van der Waals surface area contributed by atoms with Crippen LogP contribution in [0.3, 0.4) is 0 Å². The molecule has 1 aliphatic rings. The van der Waals surface area contributed by atoms with Crippen LogP contribution in [-0.2, 0) is 19.5 Å². The minimum absolute atomic E-state index is 0.230. The molecule has 0 saturated carbocycles. The summed E-state index contributed by atoms with van der Waals surface area (Å²) in [7, 11) is 0. The predicted octanol–water partition coefficient (Wildman–Crippen LogP) is 3.08. The second kappa shape index (κ2) is 5.60. The molecule has 1 aromatic heterocycles. The van der Waals surface area contributed by atoms with Gasteiger partial charge in [0.15, 0.2) is 0 Å². The lowest BCUT2D eigenvalue weighted by atomic mass is 10.1. The van der Waals surface area contributed by atoms with Crippen LogP contribution in [0.5, 0.6) is 0 Å². The van der Waals surface area contributed by atoms with E-state index >= 15 is 0 Å². The van der Waals surface area contributed by atoms with Crippen LogP contribution < -0.4 is 5.73 Å². The van der Waals surface area contributed by atoms with E-state index in [1.807, 2.05) is 11.3 Å². The standard InChI is InChI=1S/C15H15FN2S2/c16-13-7-10(15(17)19)1-2-11(13)8-18-5-3-14-12(9-18)4-6-20-14/h1-2,4,6-7H,3,5,8-9H2,(H2,17,19). The molecule has 1 aromatic carbocycles. The molecule has 20 heavy (non-hydrogen) atoms. The van der Waals surface area contributed by atoms with Crippen molar-refractivity contribution < 1.29 is 4.39 Å². The Morgan fingerprint density at radius 2 is 2.25 bits per heavy atom. The fourth-order valence-corrected chi connectivity index (χ4v) is 3.53. The normalized spacial score (nSPS) is 15.1. The molecule has 0 spiro atoms. The van der Waals surface area contributed by atoms with Gasteiger partial charge >= 0.3 is 0 Å². The van der Waals surface area contributed by atoms with Crippen molar-refractivity contribution in [3.05, 3.63) is 57.0 Å². The minimum Gasteiger partial charge on any atom is -0.389 e. The zero-order chi connectivity index (χ0) is 14.1. The molecule has 2 N–H and O–H groups in total. The van der Waals surface area contributed by atoms with E-state index < -0.39 is 0 Å². The first-order valence-corrected chi connectivity index (χ1v) is 7.78. The third kappa shape index (κ3) is 2.75. The van der Waals surface area contributed by atoms with Gasteiger partial charge in [-0.15, -0.1) is 11.3 Å². The SMILES string of the molecule is NC(=S)c1ccc(CN2CCc3sccc3C2)c(F)c1. The highest BCUT2D eigenvalue weighted by molar-refractivity contribution is 7.80. The van der Waals surface area contributed by atoms with Crippen molar-refractivity contribution in [2.24, 2.45) is 5.73 Å². The number of benzene rings is 1. The van der Waals surface area contributed by atoms with Crippen LogP contribution in [0, 0.1) is 5.82 Å². The van der Waals surface area contributed by atoms with Crippen LogP contribution in [0.25, 0.3) is 0 Å². The number of rotatable bonds is 3. The van der Waals surface area contributed by atoms with Crippen LogP contribution in [0.15, 0.2) is 29.6 Å². The van der Waals surface area contributed by atoms with E-state index in [0.717, 1.165) is 19.5 Å². The van der Waals surface area contributed by atoms with Gasteiger partial charge in [0, 0.05) is 35.6 Å². The fourth-order valence-electron chi connectivity index (χ4n) is 2.51. The summed E-state index contributed by atoms with van der Waals surface area (Å²) in [4.78, 5) is 3.97. The van der Waals surface area contributed by atoms with Gasteiger partial charge in [-0.05, 0) is 29.5 Å². The van der Waals surface area contributed by atoms with E-state index in [-0.39, 0.29) is 10.8 Å². The fraction of sp³-hybridized carbons (Fsp3) is 0.267. The Hall–Kier alpha value is -1.30. The molecule has 5 heteroatoms. The summed E-state index contributed by atoms with van der Waals surface area (Å²) in [6.07, 6.45) is 1.06. The zero-order valence-corrected chi connectivity index (χ0v) is 12.6. The average Bonchev–Trinajstić information content (AvgIpc) is 2.88. The van der Waals surface area contributed by atoms with Gasteiger partial charge in [-0.2, -0.15) is 0 Å². The largest absolute Gasteiger partial charge is 0.389 e. The van der Waals surface area contributed by atoms with E-state index in [2.05, 4.69) is 16.3 Å². The summed E-state index contributed by atoms with van der Waals surface area (Å²) < 4.78 is 14.1. The molecular formula is C15H15FN2S2. The third-order valence-electron chi connectivity index (χ3n) is 3.62. The smallest absolute Gasteiger partial charge is 0.128 e. The molecule has 2 aromatic rings. The lowest BCUT2D eigenvalue weighted by molar-refractivity contribution is 0.244. The molecule has 1 aliphatic heterocycles. The predicted molar refractivity (Wildman–Crippen MR) is 84.4 cm³/mol. The van der Waals surface area contributed by atoms with Gasteiger partial charge in [-0.3, -0.25) is 4.90 Å². The van der Waals surface area contributed by atoms with Crippen LogP contribution >= 0.6 is 23.6 Å². The Morgan fingerprint density at radius 3 is 3.00 bits per heavy atom. The topological polar surface area (TPSA) is 29.3 Å². The molecule has 0 fully saturated rings. The summed E-state index contributed by atoms with van der Waals surface area (Å²) in [5.74, 6) is -0.230. The number of hydrogen-bond acceptors (Lipinski definition) is 3. The summed E-state index contributed by atoms with van der Waals surface area (Å²) >= 11 is 6.68. The van der Waals surface area contributed by atoms with Crippen LogP contribution in [0.4, 0.5) is 4.39 Å². The van der Waals surface area contributed by atoms with Gasteiger partial charge in [0.05, 0.1) is 0 Å². The number of halogens is 1. The third-order valence-corrected chi connectivity index (χ3v) is 4.88. The van der Waals surface area contributed by atoms with Gasteiger partial charge in [0.2, 0.25) is 0 Å². The Labute approximate surface area is 127 Å². The lowest BCUT2D eigenvalue weighted by Gasteiger charge is -2.27. The molecule has 0 bridgehead atoms.